The molecule has 6 heteroatoms. The van der Waals surface area contributed by atoms with E-state index in [1.807, 2.05) is 48.3 Å². The SMILES string of the molecule is CN(C(=O)Cc1ccc2c(c1)NC(=O)CS2)[C@H](CN1CCCC1)c1ccccc1. The number of carbonyl (C=O) groups is 2. The average molecular weight is 410 g/mol. The number of hydrogen-bond donors (Lipinski definition) is 1. The van der Waals surface area contributed by atoms with E-state index >= 15 is 0 Å². The van der Waals surface area contributed by atoms with Crippen molar-refractivity contribution in [2.75, 3.05) is 37.8 Å². The molecule has 2 aliphatic heterocycles. The summed E-state index contributed by atoms with van der Waals surface area (Å²) >= 11 is 1.54. The molecule has 0 aromatic heterocycles. The lowest BCUT2D eigenvalue weighted by Gasteiger charge is -2.32. The number of nitrogens with one attached hydrogen (secondary N) is 1. The Hall–Kier alpha value is -2.31. The van der Waals surface area contributed by atoms with Gasteiger partial charge >= 0.3 is 0 Å². The van der Waals surface area contributed by atoms with Crippen molar-refractivity contribution in [2.24, 2.45) is 0 Å². The Morgan fingerprint density at radius 2 is 1.93 bits per heavy atom. The van der Waals surface area contributed by atoms with Gasteiger partial charge in [-0.3, -0.25) is 9.59 Å². The fraction of sp³-hybridized carbons (Fsp3) is 0.391. The molecule has 1 saturated heterocycles. The Labute approximate surface area is 176 Å². The zero-order chi connectivity index (χ0) is 20.2. The molecule has 152 valence electrons. The van der Waals surface area contributed by atoms with Crippen molar-refractivity contribution in [2.45, 2.75) is 30.2 Å². The van der Waals surface area contributed by atoms with Crippen molar-refractivity contribution in [3.05, 3.63) is 59.7 Å². The standard InChI is InChI=1S/C23H27N3O2S/c1-25(20(15-26-11-5-6-12-26)18-7-3-2-4-8-18)23(28)14-17-9-10-21-19(13-17)24-22(27)16-29-21/h2-4,7-10,13,20H,5-6,11-12,14-16H2,1H3,(H,24,27)/t20-/m1/s1. The van der Waals surface area contributed by atoms with Crippen molar-refractivity contribution in [3.8, 4) is 0 Å². The van der Waals surface area contributed by atoms with Crippen LogP contribution in [0.5, 0.6) is 0 Å². The molecule has 1 atom stereocenters. The van der Waals surface area contributed by atoms with Crippen LogP contribution in [0.3, 0.4) is 0 Å². The summed E-state index contributed by atoms with van der Waals surface area (Å²) in [6.07, 6.45) is 2.80. The third-order valence-electron chi connectivity index (χ3n) is 5.71. The quantitative estimate of drug-likeness (QED) is 0.793. The number of amides is 2. The Kier molecular flexibility index (Phi) is 6.21. The summed E-state index contributed by atoms with van der Waals surface area (Å²) in [5.41, 5.74) is 2.91. The van der Waals surface area contributed by atoms with Gasteiger partial charge in [-0.1, -0.05) is 36.4 Å². The lowest BCUT2D eigenvalue weighted by Crippen LogP contribution is -2.39. The third kappa shape index (κ3) is 4.82. The second kappa shape index (κ2) is 9.01. The maximum Gasteiger partial charge on any atom is 0.234 e. The summed E-state index contributed by atoms with van der Waals surface area (Å²) in [6, 6.07) is 16.3. The molecule has 0 bridgehead atoms. The van der Waals surface area contributed by atoms with E-state index in [0.29, 0.717) is 12.2 Å². The molecule has 0 spiro atoms. The minimum absolute atomic E-state index is 0.0119. The maximum atomic E-state index is 13.1. The first-order valence-electron chi connectivity index (χ1n) is 10.2. The van der Waals surface area contributed by atoms with Gasteiger partial charge in [0.1, 0.15) is 0 Å². The predicted molar refractivity (Wildman–Crippen MR) is 117 cm³/mol. The van der Waals surface area contributed by atoms with E-state index in [1.54, 1.807) is 0 Å². The molecule has 2 heterocycles. The van der Waals surface area contributed by atoms with E-state index in [9.17, 15) is 9.59 Å². The number of thioether (sulfide) groups is 1. The smallest absolute Gasteiger partial charge is 0.234 e. The van der Waals surface area contributed by atoms with Crippen LogP contribution in [0.2, 0.25) is 0 Å². The number of hydrogen-bond acceptors (Lipinski definition) is 4. The van der Waals surface area contributed by atoms with Crippen LogP contribution in [-0.4, -0.2) is 54.0 Å². The number of benzene rings is 2. The Morgan fingerprint density at radius 3 is 2.69 bits per heavy atom. The van der Waals surface area contributed by atoms with E-state index in [-0.39, 0.29) is 17.9 Å². The van der Waals surface area contributed by atoms with Gasteiger partial charge in [0, 0.05) is 18.5 Å². The van der Waals surface area contributed by atoms with Crippen molar-refractivity contribution < 1.29 is 9.59 Å². The Bertz CT molecular complexity index is 881. The molecule has 0 aliphatic carbocycles. The Morgan fingerprint density at radius 1 is 1.17 bits per heavy atom. The molecule has 1 fully saturated rings. The summed E-state index contributed by atoms with van der Waals surface area (Å²) < 4.78 is 0. The lowest BCUT2D eigenvalue weighted by molar-refractivity contribution is -0.131. The van der Waals surface area contributed by atoms with E-state index in [4.69, 9.17) is 0 Å². The number of fused-ring (bicyclic) bond motifs is 1. The van der Waals surface area contributed by atoms with Crippen LogP contribution in [-0.2, 0) is 16.0 Å². The minimum atomic E-state index is 0.0119. The highest BCUT2D eigenvalue weighted by Gasteiger charge is 2.26. The molecule has 2 aromatic rings. The molecule has 0 unspecified atom stereocenters. The van der Waals surface area contributed by atoms with Crippen LogP contribution in [0.25, 0.3) is 0 Å². The number of rotatable bonds is 6. The molecular weight excluding hydrogens is 382 g/mol. The number of carbonyl (C=O) groups excluding carboxylic acids is 2. The molecule has 29 heavy (non-hydrogen) atoms. The summed E-state index contributed by atoms with van der Waals surface area (Å²) in [6.45, 7) is 3.07. The van der Waals surface area contributed by atoms with Crippen molar-refractivity contribution >= 4 is 29.3 Å². The summed E-state index contributed by atoms with van der Waals surface area (Å²) in [5.74, 6) is 0.550. The highest BCUT2D eigenvalue weighted by atomic mass is 32.2. The van der Waals surface area contributed by atoms with Crippen LogP contribution < -0.4 is 5.32 Å². The molecule has 0 saturated carbocycles. The molecular formula is C23H27N3O2S. The second-order valence-electron chi connectivity index (χ2n) is 7.78. The largest absolute Gasteiger partial charge is 0.337 e. The summed E-state index contributed by atoms with van der Waals surface area (Å²) in [4.78, 5) is 30.2. The van der Waals surface area contributed by atoms with Crippen LogP contribution in [0, 0.1) is 0 Å². The Balaban J connectivity index is 1.49. The van der Waals surface area contributed by atoms with Gasteiger partial charge < -0.3 is 15.1 Å². The summed E-state index contributed by atoms with van der Waals surface area (Å²) in [5, 5.41) is 2.91. The highest BCUT2D eigenvalue weighted by Crippen LogP contribution is 2.32. The number of nitrogens with zero attached hydrogens (tertiary/aromatic N) is 2. The van der Waals surface area contributed by atoms with E-state index in [1.165, 1.54) is 30.2 Å². The molecule has 2 amide bonds. The van der Waals surface area contributed by atoms with Gasteiger partial charge in [-0.25, -0.2) is 0 Å². The zero-order valence-corrected chi connectivity index (χ0v) is 17.6. The van der Waals surface area contributed by atoms with Gasteiger partial charge in [-0.05, 0) is 49.2 Å². The first kappa shape index (κ1) is 20.0. The topological polar surface area (TPSA) is 52.7 Å². The first-order chi connectivity index (χ1) is 14.1. The average Bonchev–Trinajstić information content (AvgIpc) is 3.25. The van der Waals surface area contributed by atoms with Crippen LogP contribution >= 0.6 is 11.8 Å². The van der Waals surface area contributed by atoms with Crippen LogP contribution in [0.1, 0.15) is 30.0 Å². The van der Waals surface area contributed by atoms with Crippen molar-refractivity contribution in [1.82, 2.24) is 9.80 Å². The second-order valence-corrected chi connectivity index (χ2v) is 8.80. The van der Waals surface area contributed by atoms with Crippen molar-refractivity contribution in [1.29, 1.82) is 0 Å². The predicted octanol–water partition coefficient (Wildman–Crippen LogP) is 3.57. The van der Waals surface area contributed by atoms with E-state index in [2.05, 4.69) is 22.3 Å². The molecule has 2 aliphatic rings. The van der Waals surface area contributed by atoms with Crippen molar-refractivity contribution in [3.63, 3.8) is 0 Å². The minimum Gasteiger partial charge on any atom is -0.337 e. The van der Waals surface area contributed by atoms with Crippen LogP contribution in [0.15, 0.2) is 53.4 Å². The third-order valence-corrected chi connectivity index (χ3v) is 6.78. The van der Waals surface area contributed by atoms with Gasteiger partial charge in [0.2, 0.25) is 11.8 Å². The van der Waals surface area contributed by atoms with E-state index in [0.717, 1.165) is 35.8 Å². The summed E-state index contributed by atoms with van der Waals surface area (Å²) in [7, 11) is 1.91. The van der Waals surface area contributed by atoms with Gasteiger partial charge in [0.25, 0.3) is 0 Å². The molecule has 4 rings (SSSR count). The molecule has 2 aromatic carbocycles. The van der Waals surface area contributed by atoms with Crippen LogP contribution in [0.4, 0.5) is 5.69 Å². The normalized spacial score (nSPS) is 17.5. The highest BCUT2D eigenvalue weighted by molar-refractivity contribution is 8.00. The van der Waals surface area contributed by atoms with Gasteiger partial charge in [0.15, 0.2) is 0 Å². The first-order valence-corrected chi connectivity index (χ1v) is 11.2. The number of likely N-dealkylation sites (tertiary alicyclic amines) is 1. The molecule has 0 radical (unpaired) electrons. The number of anilines is 1. The fourth-order valence-electron chi connectivity index (χ4n) is 4.05. The maximum absolute atomic E-state index is 13.1. The van der Waals surface area contributed by atoms with E-state index < -0.39 is 0 Å². The van der Waals surface area contributed by atoms with Gasteiger partial charge in [-0.15, -0.1) is 11.8 Å². The van der Waals surface area contributed by atoms with Gasteiger partial charge in [0.05, 0.1) is 23.9 Å². The molecule has 1 N–H and O–H groups in total. The van der Waals surface area contributed by atoms with Gasteiger partial charge in [-0.2, -0.15) is 0 Å². The molecule has 5 nitrogen and oxygen atoms in total. The zero-order valence-electron chi connectivity index (χ0n) is 16.8. The fourth-order valence-corrected chi connectivity index (χ4v) is 4.84. The number of likely N-dealkylation sites (N-methyl/N-ethyl adjacent to an activating group) is 1. The monoisotopic (exact) mass is 409 g/mol. The lowest BCUT2D eigenvalue weighted by atomic mass is 10.0.